The normalized spacial score (nSPS) is 12.1. The van der Waals surface area contributed by atoms with Gasteiger partial charge in [0.15, 0.2) is 0 Å². The maximum atomic E-state index is 13.6. The lowest BCUT2D eigenvalue weighted by Gasteiger charge is -2.21. The van der Waals surface area contributed by atoms with E-state index in [4.69, 9.17) is 5.11 Å². The number of hydrogen-bond donors (Lipinski definition) is 3. The smallest absolute Gasteiger partial charge is 0.313 e. The van der Waals surface area contributed by atoms with Crippen molar-refractivity contribution in [2.75, 3.05) is 11.9 Å². The van der Waals surface area contributed by atoms with Crippen LogP contribution >= 0.6 is 0 Å². The predicted molar refractivity (Wildman–Crippen MR) is 78.2 cm³/mol. The monoisotopic (exact) mass is 296 g/mol. The Kier molecular flexibility index (Phi) is 6.30. The van der Waals surface area contributed by atoms with E-state index < -0.39 is 17.6 Å². The van der Waals surface area contributed by atoms with Gasteiger partial charge in [-0.25, -0.2) is 4.39 Å². The van der Waals surface area contributed by atoms with E-state index in [1.807, 2.05) is 13.8 Å². The third kappa shape index (κ3) is 5.15. The molecule has 6 heteroatoms. The molecule has 0 radical (unpaired) electrons. The molecule has 1 aromatic carbocycles. The number of anilines is 1. The van der Waals surface area contributed by atoms with E-state index in [1.165, 1.54) is 12.1 Å². The van der Waals surface area contributed by atoms with E-state index >= 15 is 0 Å². The van der Waals surface area contributed by atoms with Crippen molar-refractivity contribution >= 4 is 17.5 Å². The van der Waals surface area contributed by atoms with Gasteiger partial charge in [-0.2, -0.15) is 0 Å². The van der Waals surface area contributed by atoms with E-state index in [9.17, 15) is 14.0 Å². The van der Waals surface area contributed by atoms with Crippen LogP contribution in [0.15, 0.2) is 18.2 Å². The maximum Gasteiger partial charge on any atom is 0.313 e. The second-order valence-corrected chi connectivity index (χ2v) is 5.27. The first-order chi connectivity index (χ1) is 9.85. The molecule has 116 valence electrons. The van der Waals surface area contributed by atoms with E-state index in [2.05, 4.69) is 10.6 Å². The van der Waals surface area contributed by atoms with Gasteiger partial charge in [0.05, 0.1) is 5.69 Å². The number of halogens is 1. The highest BCUT2D eigenvalue weighted by Crippen LogP contribution is 2.15. The second kappa shape index (κ2) is 7.73. The maximum absolute atomic E-state index is 13.6. The molecule has 0 heterocycles. The van der Waals surface area contributed by atoms with Crippen molar-refractivity contribution in [2.24, 2.45) is 5.92 Å². The summed E-state index contributed by atoms with van der Waals surface area (Å²) in [6.45, 7) is 5.39. The van der Waals surface area contributed by atoms with Crippen LogP contribution in [-0.4, -0.2) is 29.6 Å². The summed E-state index contributed by atoms with van der Waals surface area (Å²) >= 11 is 0. The fourth-order valence-corrected chi connectivity index (χ4v) is 1.85. The van der Waals surface area contributed by atoms with Crippen molar-refractivity contribution in [3.05, 3.63) is 29.6 Å². The zero-order valence-electron chi connectivity index (χ0n) is 12.4. The van der Waals surface area contributed by atoms with Crippen LogP contribution in [0.2, 0.25) is 0 Å². The molecule has 0 spiro atoms. The van der Waals surface area contributed by atoms with Gasteiger partial charge >= 0.3 is 11.8 Å². The van der Waals surface area contributed by atoms with Crippen molar-refractivity contribution in [1.29, 1.82) is 0 Å². The van der Waals surface area contributed by atoms with Crippen molar-refractivity contribution in [3.63, 3.8) is 0 Å². The van der Waals surface area contributed by atoms with Gasteiger partial charge in [-0.1, -0.05) is 19.9 Å². The summed E-state index contributed by atoms with van der Waals surface area (Å²) in [7, 11) is 0. The lowest BCUT2D eigenvalue weighted by atomic mass is 10.0. The van der Waals surface area contributed by atoms with E-state index in [1.54, 1.807) is 13.0 Å². The SMILES string of the molecule is Cc1ccc(NC(=O)C(=O)NC(CCO)C(C)C)c(F)c1. The van der Waals surface area contributed by atoms with Crippen LogP contribution in [0.1, 0.15) is 25.8 Å². The average Bonchev–Trinajstić information content (AvgIpc) is 2.41. The summed E-state index contributed by atoms with van der Waals surface area (Å²) in [6.07, 6.45) is 0.357. The molecule has 0 saturated carbocycles. The third-order valence-corrected chi connectivity index (χ3v) is 3.14. The van der Waals surface area contributed by atoms with Gasteiger partial charge in [-0.05, 0) is 37.0 Å². The minimum absolute atomic E-state index is 0.0380. The van der Waals surface area contributed by atoms with E-state index in [0.717, 1.165) is 5.56 Å². The summed E-state index contributed by atoms with van der Waals surface area (Å²) < 4.78 is 13.6. The van der Waals surface area contributed by atoms with Gasteiger partial charge in [0.25, 0.3) is 0 Å². The van der Waals surface area contributed by atoms with E-state index in [-0.39, 0.29) is 24.3 Å². The lowest BCUT2D eigenvalue weighted by molar-refractivity contribution is -0.136. The molecule has 2 amide bonds. The fourth-order valence-electron chi connectivity index (χ4n) is 1.85. The minimum Gasteiger partial charge on any atom is -0.396 e. The number of rotatable bonds is 5. The first-order valence-corrected chi connectivity index (χ1v) is 6.84. The highest BCUT2D eigenvalue weighted by atomic mass is 19.1. The van der Waals surface area contributed by atoms with Gasteiger partial charge < -0.3 is 15.7 Å². The molecule has 21 heavy (non-hydrogen) atoms. The number of carbonyl (C=O) groups excluding carboxylic acids is 2. The Balaban J connectivity index is 2.68. The largest absolute Gasteiger partial charge is 0.396 e. The predicted octanol–water partition coefficient (Wildman–Crippen LogP) is 1.60. The standard InChI is InChI=1S/C15H21FN2O3/c1-9(2)12(6-7-19)17-14(20)15(21)18-13-5-4-10(3)8-11(13)16/h4-5,8-9,12,19H,6-7H2,1-3H3,(H,17,20)(H,18,21). The van der Waals surface area contributed by atoms with Gasteiger partial charge in [-0.15, -0.1) is 0 Å². The van der Waals surface area contributed by atoms with Crippen molar-refractivity contribution in [2.45, 2.75) is 33.2 Å². The minimum atomic E-state index is -0.929. The molecule has 0 saturated heterocycles. The van der Waals surface area contributed by atoms with Gasteiger partial charge in [0.1, 0.15) is 5.82 Å². The zero-order chi connectivity index (χ0) is 16.0. The van der Waals surface area contributed by atoms with Crippen LogP contribution in [0, 0.1) is 18.7 Å². The van der Waals surface area contributed by atoms with Gasteiger partial charge in [0.2, 0.25) is 0 Å². The molecule has 0 aromatic heterocycles. The lowest BCUT2D eigenvalue weighted by Crippen LogP contribution is -2.44. The molecule has 1 aromatic rings. The van der Waals surface area contributed by atoms with Gasteiger partial charge in [0, 0.05) is 12.6 Å². The molecule has 1 rings (SSSR count). The Bertz CT molecular complexity index is 518. The van der Waals surface area contributed by atoms with Crippen LogP contribution in [0.4, 0.5) is 10.1 Å². The zero-order valence-corrected chi connectivity index (χ0v) is 12.4. The molecule has 0 aliphatic carbocycles. The summed E-state index contributed by atoms with van der Waals surface area (Å²) in [4.78, 5) is 23.5. The molecule has 1 unspecified atom stereocenters. The molecule has 0 bridgehead atoms. The van der Waals surface area contributed by atoms with Crippen LogP contribution in [-0.2, 0) is 9.59 Å². The number of aliphatic hydroxyl groups excluding tert-OH is 1. The third-order valence-electron chi connectivity index (χ3n) is 3.14. The Morgan fingerprint density at radius 1 is 1.29 bits per heavy atom. The number of aliphatic hydroxyl groups is 1. The number of amides is 2. The molecule has 0 aliphatic rings. The molecule has 5 nitrogen and oxygen atoms in total. The van der Waals surface area contributed by atoms with E-state index in [0.29, 0.717) is 6.42 Å². The number of hydrogen-bond acceptors (Lipinski definition) is 3. The second-order valence-electron chi connectivity index (χ2n) is 5.27. The summed E-state index contributed by atoms with van der Waals surface area (Å²) in [5, 5.41) is 13.7. The Labute approximate surface area is 123 Å². The highest BCUT2D eigenvalue weighted by molar-refractivity contribution is 6.39. The average molecular weight is 296 g/mol. The Morgan fingerprint density at radius 2 is 1.95 bits per heavy atom. The van der Waals surface area contributed by atoms with Crippen molar-refractivity contribution < 1.29 is 19.1 Å². The highest BCUT2D eigenvalue weighted by Gasteiger charge is 2.21. The van der Waals surface area contributed by atoms with Crippen LogP contribution in [0.25, 0.3) is 0 Å². The quantitative estimate of drug-likeness (QED) is 0.722. The van der Waals surface area contributed by atoms with Gasteiger partial charge in [-0.3, -0.25) is 9.59 Å². The first-order valence-electron chi connectivity index (χ1n) is 6.84. The molecule has 1 atom stereocenters. The first kappa shape index (κ1) is 17.1. The van der Waals surface area contributed by atoms with Crippen molar-refractivity contribution in [1.82, 2.24) is 5.32 Å². The summed E-state index contributed by atoms with van der Waals surface area (Å²) in [5.41, 5.74) is 0.682. The molecule has 3 N–H and O–H groups in total. The molecular weight excluding hydrogens is 275 g/mol. The van der Waals surface area contributed by atoms with Crippen LogP contribution in [0.3, 0.4) is 0 Å². The number of benzene rings is 1. The number of aryl methyl sites for hydroxylation is 1. The topological polar surface area (TPSA) is 78.4 Å². The summed E-state index contributed by atoms with van der Waals surface area (Å²) in [5.74, 6) is -2.29. The van der Waals surface area contributed by atoms with Crippen LogP contribution < -0.4 is 10.6 Å². The fraction of sp³-hybridized carbons (Fsp3) is 0.467. The Hall–Kier alpha value is -1.95. The number of nitrogens with one attached hydrogen (secondary N) is 2. The molecule has 0 aliphatic heterocycles. The van der Waals surface area contributed by atoms with Crippen LogP contribution in [0.5, 0.6) is 0 Å². The Morgan fingerprint density at radius 3 is 2.48 bits per heavy atom. The molecule has 0 fully saturated rings. The summed E-state index contributed by atoms with van der Waals surface area (Å²) in [6, 6.07) is 4.01. The van der Waals surface area contributed by atoms with Crippen molar-refractivity contribution in [3.8, 4) is 0 Å². The number of carbonyl (C=O) groups is 2. The molecular formula is C15H21FN2O3.